The van der Waals surface area contributed by atoms with Gasteiger partial charge in [0.2, 0.25) is 0 Å². The number of carbonyl (C=O) groups is 2. The standard InChI is InChI=1S/C14H11N3O2/c1-8-2-3-9(6-12(8)15)17-13(18)10-4-5-16-7-11(10)14(17)19/h2-7H,15H2,1H3. The van der Waals surface area contributed by atoms with Gasteiger partial charge in [0.15, 0.2) is 0 Å². The number of nitrogens with two attached hydrogens (primary N) is 1. The molecule has 19 heavy (non-hydrogen) atoms. The Morgan fingerprint density at radius 1 is 1.11 bits per heavy atom. The topological polar surface area (TPSA) is 76.3 Å². The monoisotopic (exact) mass is 253 g/mol. The number of nitrogens with zero attached hydrogens (tertiary/aromatic N) is 2. The fraction of sp³-hybridized carbons (Fsp3) is 0.0714. The van der Waals surface area contributed by atoms with Crippen LogP contribution in [0.2, 0.25) is 0 Å². The van der Waals surface area contributed by atoms with E-state index in [0.29, 0.717) is 22.5 Å². The highest BCUT2D eigenvalue weighted by Gasteiger charge is 2.36. The molecule has 2 amide bonds. The molecule has 3 rings (SSSR count). The SMILES string of the molecule is Cc1ccc(N2C(=O)c3ccncc3C2=O)cc1N. The minimum atomic E-state index is -0.364. The van der Waals surface area contributed by atoms with E-state index in [-0.39, 0.29) is 11.8 Å². The third-order valence-electron chi connectivity index (χ3n) is 3.21. The molecule has 2 N–H and O–H groups in total. The van der Waals surface area contributed by atoms with Gasteiger partial charge in [0.1, 0.15) is 0 Å². The van der Waals surface area contributed by atoms with E-state index in [4.69, 9.17) is 5.73 Å². The average molecular weight is 253 g/mol. The summed E-state index contributed by atoms with van der Waals surface area (Å²) in [4.78, 5) is 29.5. The number of aryl methyl sites for hydroxylation is 1. The number of pyridine rings is 1. The largest absolute Gasteiger partial charge is 0.398 e. The molecule has 0 saturated carbocycles. The fourth-order valence-electron chi connectivity index (χ4n) is 2.09. The summed E-state index contributed by atoms with van der Waals surface area (Å²) in [5.74, 6) is -0.706. The van der Waals surface area contributed by atoms with Gasteiger partial charge < -0.3 is 5.73 Å². The van der Waals surface area contributed by atoms with Crippen molar-refractivity contribution in [2.45, 2.75) is 6.92 Å². The van der Waals surface area contributed by atoms with Crippen molar-refractivity contribution in [1.82, 2.24) is 4.98 Å². The summed E-state index contributed by atoms with van der Waals surface area (Å²) in [6.45, 7) is 1.87. The van der Waals surface area contributed by atoms with Crippen LogP contribution in [0.15, 0.2) is 36.7 Å². The molecule has 0 aliphatic carbocycles. The molecular formula is C14H11N3O2. The highest BCUT2D eigenvalue weighted by Crippen LogP contribution is 2.29. The number of carbonyl (C=O) groups excluding carboxylic acids is 2. The molecule has 0 radical (unpaired) electrons. The van der Waals surface area contributed by atoms with Crippen molar-refractivity contribution in [1.29, 1.82) is 0 Å². The Kier molecular flexibility index (Phi) is 2.35. The van der Waals surface area contributed by atoms with Gasteiger partial charge in [-0.05, 0) is 30.7 Å². The Morgan fingerprint density at radius 3 is 2.53 bits per heavy atom. The van der Waals surface area contributed by atoms with Crippen LogP contribution in [0.1, 0.15) is 26.3 Å². The first-order chi connectivity index (χ1) is 9.09. The van der Waals surface area contributed by atoms with Crippen molar-refractivity contribution in [3.63, 3.8) is 0 Å². The van der Waals surface area contributed by atoms with Crippen LogP contribution in [0.25, 0.3) is 0 Å². The van der Waals surface area contributed by atoms with Gasteiger partial charge in [-0.15, -0.1) is 0 Å². The number of aromatic nitrogens is 1. The molecule has 0 bridgehead atoms. The Hall–Kier alpha value is -2.69. The van der Waals surface area contributed by atoms with Crippen molar-refractivity contribution in [2.75, 3.05) is 10.6 Å². The van der Waals surface area contributed by atoms with E-state index < -0.39 is 0 Å². The van der Waals surface area contributed by atoms with E-state index in [1.54, 1.807) is 24.3 Å². The van der Waals surface area contributed by atoms with Gasteiger partial charge in [-0.25, -0.2) is 4.90 Å². The molecule has 0 spiro atoms. The zero-order valence-electron chi connectivity index (χ0n) is 10.3. The second-order valence-electron chi connectivity index (χ2n) is 4.41. The number of hydrogen-bond donors (Lipinski definition) is 1. The zero-order chi connectivity index (χ0) is 13.6. The van der Waals surface area contributed by atoms with Gasteiger partial charge in [0, 0.05) is 18.1 Å². The van der Waals surface area contributed by atoms with Crippen LogP contribution < -0.4 is 10.6 Å². The van der Waals surface area contributed by atoms with Gasteiger partial charge in [-0.2, -0.15) is 0 Å². The van der Waals surface area contributed by atoms with Crippen LogP contribution in [0.4, 0.5) is 11.4 Å². The quantitative estimate of drug-likeness (QED) is 0.620. The summed E-state index contributed by atoms with van der Waals surface area (Å²) in [5, 5.41) is 0. The second-order valence-corrected chi connectivity index (χ2v) is 4.41. The molecule has 5 heteroatoms. The summed E-state index contributed by atoms with van der Waals surface area (Å²) in [7, 11) is 0. The smallest absolute Gasteiger partial charge is 0.267 e. The normalized spacial score (nSPS) is 13.8. The number of imide groups is 1. The van der Waals surface area contributed by atoms with Crippen molar-refractivity contribution in [3.8, 4) is 0 Å². The van der Waals surface area contributed by atoms with E-state index in [2.05, 4.69) is 4.98 Å². The summed E-state index contributed by atoms with van der Waals surface area (Å²) in [5.41, 5.74) is 8.46. The van der Waals surface area contributed by atoms with Crippen molar-refractivity contribution in [2.24, 2.45) is 0 Å². The molecule has 5 nitrogen and oxygen atoms in total. The highest BCUT2D eigenvalue weighted by molar-refractivity contribution is 6.34. The van der Waals surface area contributed by atoms with Crippen molar-refractivity contribution >= 4 is 23.2 Å². The molecular weight excluding hydrogens is 242 g/mol. The van der Waals surface area contributed by atoms with Crippen molar-refractivity contribution in [3.05, 3.63) is 53.3 Å². The summed E-state index contributed by atoms with van der Waals surface area (Å²) < 4.78 is 0. The van der Waals surface area contributed by atoms with Crippen LogP contribution in [0.5, 0.6) is 0 Å². The number of benzene rings is 1. The van der Waals surface area contributed by atoms with Gasteiger partial charge in [0.05, 0.1) is 16.8 Å². The maximum absolute atomic E-state index is 12.2. The van der Waals surface area contributed by atoms with Crippen LogP contribution in [0, 0.1) is 6.92 Å². The van der Waals surface area contributed by atoms with Crippen LogP contribution in [0.3, 0.4) is 0 Å². The number of amides is 2. The lowest BCUT2D eigenvalue weighted by atomic mass is 10.2. The van der Waals surface area contributed by atoms with Crippen LogP contribution in [-0.2, 0) is 0 Å². The van der Waals surface area contributed by atoms with E-state index in [1.807, 2.05) is 6.92 Å². The molecule has 1 aliphatic heterocycles. The van der Waals surface area contributed by atoms with E-state index >= 15 is 0 Å². The minimum Gasteiger partial charge on any atom is -0.398 e. The van der Waals surface area contributed by atoms with Gasteiger partial charge >= 0.3 is 0 Å². The first kappa shape index (κ1) is 11.4. The first-order valence-electron chi connectivity index (χ1n) is 5.78. The number of fused-ring (bicyclic) bond motifs is 1. The lowest BCUT2D eigenvalue weighted by Crippen LogP contribution is -2.29. The maximum atomic E-state index is 12.2. The van der Waals surface area contributed by atoms with E-state index in [0.717, 1.165) is 10.5 Å². The number of rotatable bonds is 1. The predicted octanol–water partition coefficient (Wildman–Crippen LogP) is 1.77. The predicted molar refractivity (Wildman–Crippen MR) is 71.0 cm³/mol. The number of anilines is 2. The van der Waals surface area contributed by atoms with Gasteiger partial charge in [-0.1, -0.05) is 6.07 Å². The maximum Gasteiger partial charge on any atom is 0.267 e. The van der Waals surface area contributed by atoms with E-state index in [9.17, 15) is 9.59 Å². The number of hydrogen-bond acceptors (Lipinski definition) is 4. The second kappa shape index (κ2) is 3.91. The first-order valence-corrected chi connectivity index (χ1v) is 5.78. The molecule has 1 aromatic heterocycles. The summed E-state index contributed by atoms with van der Waals surface area (Å²) in [6, 6.07) is 6.67. The van der Waals surface area contributed by atoms with Gasteiger partial charge in [0.25, 0.3) is 11.8 Å². The molecule has 2 heterocycles. The minimum absolute atomic E-state index is 0.326. The highest BCUT2D eigenvalue weighted by atomic mass is 16.2. The molecule has 94 valence electrons. The number of nitrogen functional groups attached to an aromatic ring is 1. The fourth-order valence-corrected chi connectivity index (χ4v) is 2.09. The summed E-state index contributed by atoms with van der Waals surface area (Å²) >= 11 is 0. The average Bonchev–Trinajstić information content (AvgIpc) is 2.66. The molecule has 0 unspecified atom stereocenters. The molecule has 0 fully saturated rings. The molecule has 0 atom stereocenters. The van der Waals surface area contributed by atoms with Crippen LogP contribution >= 0.6 is 0 Å². The molecule has 1 aliphatic rings. The van der Waals surface area contributed by atoms with E-state index in [1.165, 1.54) is 12.4 Å². The summed E-state index contributed by atoms with van der Waals surface area (Å²) in [6.07, 6.45) is 2.91. The third-order valence-corrected chi connectivity index (χ3v) is 3.21. The lowest BCUT2D eigenvalue weighted by Gasteiger charge is -2.15. The zero-order valence-corrected chi connectivity index (χ0v) is 10.3. The Labute approximate surface area is 109 Å². The molecule has 2 aromatic rings. The Morgan fingerprint density at radius 2 is 1.84 bits per heavy atom. The van der Waals surface area contributed by atoms with Crippen LogP contribution in [-0.4, -0.2) is 16.8 Å². The Bertz CT molecular complexity index is 675. The Balaban J connectivity index is 2.11. The molecule has 0 saturated heterocycles. The van der Waals surface area contributed by atoms with Gasteiger partial charge in [-0.3, -0.25) is 14.6 Å². The molecule has 1 aromatic carbocycles. The third kappa shape index (κ3) is 1.59. The van der Waals surface area contributed by atoms with Crippen molar-refractivity contribution < 1.29 is 9.59 Å². The lowest BCUT2D eigenvalue weighted by molar-refractivity contribution is 0.0926.